The highest BCUT2D eigenvalue weighted by atomic mass is 32.2. The van der Waals surface area contributed by atoms with Crippen molar-refractivity contribution >= 4 is 21.7 Å². The van der Waals surface area contributed by atoms with Crippen molar-refractivity contribution in [3.63, 3.8) is 0 Å². The summed E-state index contributed by atoms with van der Waals surface area (Å²) in [7, 11) is -3.47. The van der Waals surface area contributed by atoms with Gasteiger partial charge in [0.15, 0.2) is 11.6 Å². The summed E-state index contributed by atoms with van der Waals surface area (Å²) < 4.78 is 33.4. The van der Waals surface area contributed by atoms with E-state index in [9.17, 15) is 8.42 Å². The van der Waals surface area contributed by atoms with Gasteiger partial charge in [0.1, 0.15) is 0 Å². The SMILES string of the molecule is CCc1ccc(S(=O)(=O)N2CCN(c3ccc(N4CCN(CC5CCCO5)CC4)nn3)CC2)cc1. The molecule has 190 valence electrons. The molecule has 35 heavy (non-hydrogen) atoms. The molecule has 0 N–H and O–H groups in total. The second-order valence-corrected chi connectivity index (χ2v) is 11.5. The van der Waals surface area contributed by atoms with Gasteiger partial charge in [-0.3, -0.25) is 4.90 Å². The number of piperazine rings is 2. The molecule has 1 aromatic heterocycles. The molecule has 3 saturated heterocycles. The zero-order chi connectivity index (χ0) is 24.3. The summed E-state index contributed by atoms with van der Waals surface area (Å²) in [4.78, 5) is 7.25. The van der Waals surface area contributed by atoms with Crippen LogP contribution in [0, 0.1) is 0 Å². The van der Waals surface area contributed by atoms with E-state index >= 15 is 0 Å². The third-order valence-electron chi connectivity index (χ3n) is 7.35. The normalized spacial score (nSPS) is 22.6. The van der Waals surface area contributed by atoms with E-state index in [0.29, 0.717) is 37.2 Å². The molecular formula is C25H36N6O3S. The summed E-state index contributed by atoms with van der Waals surface area (Å²) in [6.45, 7) is 9.99. The standard InChI is InChI=1S/C25H36N6O3S/c1-2-21-5-7-23(8-6-21)35(32,33)31-17-15-30(16-18-31)25-10-9-24(26-27-25)29-13-11-28(12-14-29)20-22-4-3-19-34-22/h5-10,22H,2-4,11-20H2,1H3. The first-order chi connectivity index (χ1) is 17.0. The van der Waals surface area contributed by atoms with Gasteiger partial charge in [0.2, 0.25) is 10.0 Å². The fourth-order valence-electron chi connectivity index (χ4n) is 5.10. The number of nitrogens with zero attached hydrogens (tertiary/aromatic N) is 6. The van der Waals surface area contributed by atoms with Crippen LogP contribution in [0.3, 0.4) is 0 Å². The zero-order valence-electron chi connectivity index (χ0n) is 20.6. The number of rotatable bonds is 7. The first-order valence-corrected chi connectivity index (χ1v) is 14.2. The van der Waals surface area contributed by atoms with Crippen molar-refractivity contribution in [2.45, 2.75) is 37.2 Å². The van der Waals surface area contributed by atoms with Gasteiger partial charge in [0.05, 0.1) is 11.0 Å². The average Bonchev–Trinajstić information content (AvgIpc) is 3.42. The van der Waals surface area contributed by atoms with Crippen LogP contribution < -0.4 is 9.80 Å². The Kier molecular flexibility index (Phi) is 7.52. The molecule has 5 rings (SSSR count). The molecule has 4 heterocycles. The highest BCUT2D eigenvalue weighted by molar-refractivity contribution is 7.89. The van der Waals surface area contributed by atoms with Crippen molar-refractivity contribution < 1.29 is 13.2 Å². The number of hydrogen-bond acceptors (Lipinski definition) is 8. The minimum Gasteiger partial charge on any atom is -0.377 e. The lowest BCUT2D eigenvalue weighted by atomic mass is 10.2. The van der Waals surface area contributed by atoms with Crippen molar-refractivity contribution in [1.29, 1.82) is 0 Å². The Morgan fingerprint density at radius 2 is 1.46 bits per heavy atom. The molecule has 0 radical (unpaired) electrons. The molecule has 2 aromatic rings. The molecule has 9 nitrogen and oxygen atoms in total. The quantitative estimate of drug-likeness (QED) is 0.570. The van der Waals surface area contributed by atoms with Crippen molar-refractivity contribution in [3.05, 3.63) is 42.0 Å². The molecule has 0 amide bonds. The lowest BCUT2D eigenvalue weighted by Gasteiger charge is -2.36. The predicted molar refractivity (Wildman–Crippen MR) is 136 cm³/mol. The number of aryl methyl sites for hydroxylation is 1. The number of benzene rings is 1. The van der Waals surface area contributed by atoms with E-state index in [4.69, 9.17) is 4.74 Å². The Morgan fingerprint density at radius 3 is 1.97 bits per heavy atom. The Hall–Kier alpha value is -2.27. The molecule has 0 bridgehead atoms. The highest BCUT2D eigenvalue weighted by Crippen LogP contribution is 2.22. The van der Waals surface area contributed by atoms with Gasteiger partial charge in [0.25, 0.3) is 0 Å². The highest BCUT2D eigenvalue weighted by Gasteiger charge is 2.29. The Balaban J connectivity index is 1.12. The minimum atomic E-state index is -3.47. The average molecular weight is 501 g/mol. The summed E-state index contributed by atoms with van der Waals surface area (Å²) >= 11 is 0. The number of sulfonamides is 1. The van der Waals surface area contributed by atoms with Crippen LogP contribution in [0.1, 0.15) is 25.3 Å². The van der Waals surface area contributed by atoms with Gasteiger partial charge in [0, 0.05) is 65.5 Å². The monoisotopic (exact) mass is 500 g/mol. The fraction of sp³-hybridized carbons (Fsp3) is 0.600. The maximum Gasteiger partial charge on any atom is 0.243 e. The third-order valence-corrected chi connectivity index (χ3v) is 9.26. The zero-order valence-corrected chi connectivity index (χ0v) is 21.4. The van der Waals surface area contributed by atoms with Crippen LogP contribution in [0.25, 0.3) is 0 Å². The van der Waals surface area contributed by atoms with Crippen molar-refractivity contribution in [2.24, 2.45) is 0 Å². The second kappa shape index (κ2) is 10.8. The van der Waals surface area contributed by atoms with Crippen LogP contribution in [0.15, 0.2) is 41.3 Å². The van der Waals surface area contributed by atoms with E-state index in [1.807, 2.05) is 24.3 Å². The first-order valence-electron chi connectivity index (χ1n) is 12.8. The topological polar surface area (TPSA) is 82.1 Å². The van der Waals surface area contributed by atoms with Crippen molar-refractivity contribution in [2.75, 3.05) is 75.3 Å². The van der Waals surface area contributed by atoms with Crippen LogP contribution in [0.4, 0.5) is 11.6 Å². The third kappa shape index (κ3) is 5.61. The Labute approximate surface area is 208 Å². The van der Waals surface area contributed by atoms with Gasteiger partial charge in [-0.05, 0) is 49.1 Å². The maximum atomic E-state index is 13.0. The maximum absolute atomic E-state index is 13.0. The number of ether oxygens (including phenoxy) is 1. The second-order valence-electron chi connectivity index (χ2n) is 9.56. The Morgan fingerprint density at radius 1 is 0.857 bits per heavy atom. The molecule has 0 aliphatic carbocycles. The summed E-state index contributed by atoms with van der Waals surface area (Å²) in [5, 5.41) is 8.97. The summed E-state index contributed by atoms with van der Waals surface area (Å²) in [5.41, 5.74) is 1.14. The first kappa shape index (κ1) is 24.4. The van der Waals surface area contributed by atoms with Gasteiger partial charge in [-0.1, -0.05) is 19.1 Å². The van der Waals surface area contributed by atoms with E-state index in [-0.39, 0.29) is 0 Å². The van der Waals surface area contributed by atoms with Gasteiger partial charge >= 0.3 is 0 Å². The summed E-state index contributed by atoms with van der Waals surface area (Å²) in [6.07, 6.45) is 3.66. The lowest BCUT2D eigenvalue weighted by Crippen LogP contribution is -2.49. The van der Waals surface area contributed by atoms with Gasteiger partial charge < -0.3 is 14.5 Å². The van der Waals surface area contributed by atoms with E-state index < -0.39 is 10.0 Å². The van der Waals surface area contributed by atoms with E-state index in [0.717, 1.165) is 63.0 Å². The summed E-state index contributed by atoms with van der Waals surface area (Å²) in [6, 6.07) is 11.3. The Bertz CT molecular complexity index is 1060. The van der Waals surface area contributed by atoms with Crippen LogP contribution in [-0.4, -0.2) is 99.4 Å². The van der Waals surface area contributed by atoms with Crippen LogP contribution in [0.5, 0.6) is 0 Å². The molecule has 1 unspecified atom stereocenters. The largest absolute Gasteiger partial charge is 0.377 e. The smallest absolute Gasteiger partial charge is 0.243 e. The van der Waals surface area contributed by atoms with Crippen LogP contribution in [0.2, 0.25) is 0 Å². The minimum absolute atomic E-state index is 0.364. The molecule has 3 fully saturated rings. The molecule has 0 spiro atoms. The van der Waals surface area contributed by atoms with Gasteiger partial charge in [-0.25, -0.2) is 8.42 Å². The van der Waals surface area contributed by atoms with Crippen LogP contribution >= 0.6 is 0 Å². The van der Waals surface area contributed by atoms with Crippen LogP contribution in [-0.2, 0) is 21.2 Å². The number of anilines is 2. The molecule has 3 aliphatic heterocycles. The lowest BCUT2D eigenvalue weighted by molar-refractivity contribution is 0.0712. The predicted octanol–water partition coefficient (Wildman–Crippen LogP) is 1.85. The summed E-state index contributed by atoms with van der Waals surface area (Å²) in [5.74, 6) is 1.71. The molecule has 3 aliphatic rings. The number of hydrogen-bond donors (Lipinski definition) is 0. The van der Waals surface area contributed by atoms with Crippen molar-refractivity contribution in [1.82, 2.24) is 19.4 Å². The molecule has 1 aromatic carbocycles. The molecule has 0 saturated carbocycles. The molecule has 1 atom stereocenters. The van der Waals surface area contributed by atoms with E-state index in [1.54, 1.807) is 16.4 Å². The molecular weight excluding hydrogens is 464 g/mol. The fourth-order valence-corrected chi connectivity index (χ4v) is 6.52. The van der Waals surface area contributed by atoms with E-state index in [2.05, 4.69) is 31.8 Å². The van der Waals surface area contributed by atoms with Gasteiger partial charge in [-0.2, -0.15) is 4.31 Å². The van der Waals surface area contributed by atoms with Gasteiger partial charge in [-0.15, -0.1) is 10.2 Å². The molecule has 10 heteroatoms. The van der Waals surface area contributed by atoms with Crippen molar-refractivity contribution in [3.8, 4) is 0 Å². The van der Waals surface area contributed by atoms with E-state index in [1.165, 1.54) is 12.8 Å². The number of aromatic nitrogens is 2.